The second-order valence-corrected chi connectivity index (χ2v) is 6.37. The molecule has 1 saturated carbocycles. The smallest absolute Gasteiger partial charge is 0.221 e. The van der Waals surface area contributed by atoms with E-state index in [9.17, 15) is 18.7 Å². The molecule has 0 heterocycles. The van der Waals surface area contributed by atoms with E-state index in [0.29, 0.717) is 10.6 Å². The molecule has 116 valence electrons. The maximum Gasteiger partial charge on any atom is 0.221 e. The van der Waals surface area contributed by atoms with Crippen molar-refractivity contribution >= 4 is 17.7 Å². The van der Waals surface area contributed by atoms with Gasteiger partial charge in [0.25, 0.3) is 0 Å². The van der Waals surface area contributed by atoms with Crippen LogP contribution in [0.15, 0.2) is 23.1 Å². The third-order valence-electron chi connectivity index (χ3n) is 3.56. The molecule has 0 spiro atoms. The van der Waals surface area contributed by atoms with Crippen molar-refractivity contribution in [2.45, 2.75) is 49.1 Å². The first-order valence-electron chi connectivity index (χ1n) is 7.11. The second-order valence-electron chi connectivity index (χ2n) is 5.20. The third-order valence-corrected chi connectivity index (χ3v) is 4.56. The van der Waals surface area contributed by atoms with E-state index in [-0.39, 0.29) is 18.4 Å². The highest BCUT2D eigenvalue weighted by Crippen LogP contribution is 2.22. The number of rotatable bonds is 5. The van der Waals surface area contributed by atoms with Gasteiger partial charge in [0.1, 0.15) is 0 Å². The Morgan fingerprint density at radius 2 is 2.05 bits per heavy atom. The van der Waals surface area contributed by atoms with Crippen LogP contribution in [0.5, 0.6) is 0 Å². The van der Waals surface area contributed by atoms with E-state index in [1.165, 1.54) is 17.8 Å². The molecule has 0 aromatic heterocycles. The zero-order valence-electron chi connectivity index (χ0n) is 11.6. The molecule has 6 heteroatoms. The molecule has 2 unspecified atom stereocenters. The van der Waals surface area contributed by atoms with Crippen LogP contribution in [-0.2, 0) is 4.79 Å². The van der Waals surface area contributed by atoms with Crippen molar-refractivity contribution in [3.63, 3.8) is 0 Å². The Labute approximate surface area is 127 Å². The van der Waals surface area contributed by atoms with Gasteiger partial charge in [0.15, 0.2) is 11.6 Å². The lowest BCUT2D eigenvalue weighted by molar-refractivity contribution is -0.122. The Morgan fingerprint density at radius 3 is 2.76 bits per heavy atom. The van der Waals surface area contributed by atoms with Crippen molar-refractivity contribution in [1.82, 2.24) is 5.32 Å². The van der Waals surface area contributed by atoms with Crippen molar-refractivity contribution < 1.29 is 18.7 Å². The first-order valence-corrected chi connectivity index (χ1v) is 8.10. The molecule has 21 heavy (non-hydrogen) atoms. The van der Waals surface area contributed by atoms with Gasteiger partial charge in [0.05, 0.1) is 12.1 Å². The molecule has 1 amide bonds. The fourth-order valence-corrected chi connectivity index (χ4v) is 3.26. The third kappa shape index (κ3) is 4.97. The molecule has 1 aromatic carbocycles. The molecule has 0 aliphatic heterocycles. The largest absolute Gasteiger partial charge is 0.391 e. The molecule has 1 aromatic rings. The molecule has 0 radical (unpaired) electrons. The van der Waals surface area contributed by atoms with Gasteiger partial charge in [-0.15, -0.1) is 11.8 Å². The van der Waals surface area contributed by atoms with E-state index in [1.54, 1.807) is 0 Å². The number of thioether (sulfide) groups is 1. The summed E-state index contributed by atoms with van der Waals surface area (Å²) in [7, 11) is 0. The number of halogens is 2. The molecule has 0 saturated heterocycles. The van der Waals surface area contributed by atoms with E-state index >= 15 is 0 Å². The van der Waals surface area contributed by atoms with Gasteiger partial charge in [-0.05, 0) is 31.0 Å². The van der Waals surface area contributed by atoms with Crippen molar-refractivity contribution in [2.24, 2.45) is 0 Å². The van der Waals surface area contributed by atoms with Gasteiger partial charge in [0, 0.05) is 17.1 Å². The van der Waals surface area contributed by atoms with Crippen LogP contribution in [0.25, 0.3) is 0 Å². The number of hydrogen-bond acceptors (Lipinski definition) is 3. The minimum atomic E-state index is -0.880. The van der Waals surface area contributed by atoms with Crippen molar-refractivity contribution in [3.05, 3.63) is 29.8 Å². The number of hydrogen-bond donors (Lipinski definition) is 2. The Kier molecular flexibility index (Phi) is 5.99. The SMILES string of the molecule is O=C(CCSc1ccc(F)c(F)c1)NC1CCCCC1O. The number of benzene rings is 1. The number of aliphatic hydroxyl groups excluding tert-OH is 1. The van der Waals surface area contributed by atoms with Crippen LogP contribution in [-0.4, -0.2) is 28.9 Å². The number of nitrogens with one attached hydrogen (secondary N) is 1. The van der Waals surface area contributed by atoms with Gasteiger partial charge in [-0.25, -0.2) is 8.78 Å². The number of aliphatic hydroxyl groups is 1. The van der Waals surface area contributed by atoms with E-state index in [2.05, 4.69) is 5.32 Å². The molecule has 0 bridgehead atoms. The van der Waals surface area contributed by atoms with Gasteiger partial charge in [-0.1, -0.05) is 12.8 Å². The first-order chi connectivity index (χ1) is 10.1. The Bertz CT molecular complexity index is 499. The van der Waals surface area contributed by atoms with Crippen LogP contribution < -0.4 is 5.32 Å². The minimum absolute atomic E-state index is 0.115. The zero-order valence-corrected chi connectivity index (χ0v) is 12.5. The average Bonchev–Trinajstić information content (AvgIpc) is 2.45. The highest BCUT2D eigenvalue weighted by Gasteiger charge is 2.24. The Balaban J connectivity index is 1.72. The van der Waals surface area contributed by atoms with Gasteiger partial charge in [-0.3, -0.25) is 4.79 Å². The molecule has 1 aliphatic rings. The van der Waals surface area contributed by atoms with E-state index in [4.69, 9.17) is 0 Å². The molecule has 1 fully saturated rings. The highest BCUT2D eigenvalue weighted by molar-refractivity contribution is 7.99. The minimum Gasteiger partial charge on any atom is -0.391 e. The van der Waals surface area contributed by atoms with Crippen LogP contribution in [0, 0.1) is 11.6 Å². The van der Waals surface area contributed by atoms with E-state index < -0.39 is 17.7 Å². The molecule has 2 rings (SSSR count). The number of carbonyl (C=O) groups excluding carboxylic acids is 1. The second kappa shape index (κ2) is 7.75. The Morgan fingerprint density at radius 1 is 1.29 bits per heavy atom. The summed E-state index contributed by atoms with van der Waals surface area (Å²) < 4.78 is 25.8. The monoisotopic (exact) mass is 315 g/mol. The molecule has 2 atom stereocenters. The molecular formula is C15H19F2NO2S. The molecule has 3 nitrogen and oxygen atoms in total. The average molecular weight is 315 g/mol. The first kappa shape index (κ1) is 16.2. The molecule has 1 aliphatic carbocycles. The normalized spacial score (nSPS) is 22.0. The fourth-order valence-electron chi connectivity index (χ4n) is 2.39. The topological polar surface area (TPSA) is 49.3 Å². The Hall–Kier alpha value is -1.14. The van der Waals surface area contributed by atoms with E-state index in [1.807, 2.05) is 0 Å². The molecular weight excluding hydrogens is 296 g/mol. The van der Waals surface area contributed by atoms with E-state index in [0.717, 1.165) is 37.8 Å². The lowest BCUT2D eigenvalue weighted by atomic mass is 9.92. The summed E-state index contributed by atoms with van der Waals surface area (Å²) in [4.78, 5) is 12.4. The summed E-state index contributed by atoms with van der Waals surface area (Å²) in [5.74, 6) is -1.38. The molecule has 2 N–H and O–H groups in total. The van der Waals surface area contributed by atoms with Crippen molar-refractivity contribution in [1.29, 1.82) is 0 Å². The summed E-state index contributed by atoms with van der Waals surface area (Å²) in [5.41, 5.74) is 0. The zero-order chi connectivity index (χ0) is 15.2. The lowest BCUT2D eigenvalue weighted by Gasteiger charge is -2.28. The number of carbonyl (C=O) groups is 1. The van der Waals surface area contributed by atoms with Crippen LogP contribution in [0.2, 0.25) is 0 Å². The summed E-state index contributed by atoms with van der Waals surface area (Å²) in [6.07, 6.45) is 3.39. The van der Waals surface area contributed by atoms with Crippen LogP contribution in [0.3, 0.4) is 0 Å². The quantitative estimate of drug-likeness (QED) is 0.822. The van der Waals surface area contributed by atoms with Crippen molar-refractivity contribution in [2.75, 3.05) is 5.75 Å². The summed E-state index contributed by atoms with van der Waals surface area (Å²) in [5, 5.41) is 12.6. The summed E-state index contributed by atoms with van der Waals surface area (Å²) >= 11 is 1.30. The van der Waals surface area contributed by atoms with Crippen LogP contribution in [0.1, 0.15) is 32.1 Å². The predicted octanol–water partition coefficient (Wildman–Crippen LogP) is 2.87. The highest BCUT2D eigenvalue weighted by atomic mass is 32.2. The van der Waals surface area contributed by atoms with Gasteiger partial charge in [-0.2, -0.15) is 0 Å². The van der Waals surface area contributed by atoms with Gasteiger partial charge < -0.3 is 10.4 Å². The van der Waals surface area contributed by atoms with Crippen LogP contribution in [0.4, 0.5) is 8.78 Å². The fraction of sp³-hybridized carbons (Fsp3) is 0.533. The number of amides is 1. The summed E-state index contributed by atoms with van der Waals surface area (Å²) in [6.45, 7) is 0. The van der Waals surface area contributed by atoms with Crippen LogP contribution >= 0.6 is 11.8 Å². The van der Waals surface area contributed by atoms with Gasteiger partial charge >= 0.3 is 0 Å². The van der Waals surface area contributed by atoms with Crippen molar-refractivity contribution in [3.8, 4) is 0 Å². The maximum absolute atomic E-state index is 13.0. The predicted molar refractivity (Wildman–Crippen MR) is 78.1 cm³/mol. The standard InChI is InChI=1S/C15H19F2NO2S/c16-11-6-5-10(9-12(11)17)21-8-7-15(20)18-13-3-1-2-4-14(13)19/h5-6,9,13-14,19H,1-4,7-8H2,(H,18,20). The lowest BCUT2D eigenvalue weighted by Crippen LogP contribution is -2.45. The maximum atomic E-state index is 13.0. The van der Waals surface area contributed by atoms with Gasteiger partial charge in [0.2, 0.25) is 5.91 Å². The summed E-state index contributed by atoms with van der Waals surface area (Å²) in [6, 6.07) is 3.55.